The molecule has 2 aromatic rings. The Morgan fingerprint density at radius 2 is 1.82 bits per heavy atom. The van der Waals surface area contributed by atoms with E-state index in [2.05, 4.69) is 68.3 Å². The third kappa shape index (κ3) is 4.39. The van der Waals surface area contributed by atoms with Crippen LogP contribution in [0.15, 0.2) is 42.5 Å². The van der Waals surface area contributed by atoms with Crippen molar-refractivity contribution in [2.45, 2.75) is 25.8 Å². The van der Waals surface area contributed by atoms with Crippen molar-refractivity contribution in [2.24, 2.45) is 0 Å². The van der Waals surface area contributed by atoms with Crippen LogP contribution in [0.1, 0.15) is 18.4 Å². The summed E-state index contributed by atoms with van der Waals surface area (Å²) in [6.07, 6.45) is 2.32. The quantitative estimate of drug-likeness (QED) is 0.583. The zero-order chi connectivity index (χ0) is 14.7. The van der Waals surface area contributed by atoms with Crippen molar-refractivity contribution in [2.75, 3.05) is 18.0 Å². The predicted octanol–water partition coefficient (Wildman–Crippen LogP) is 3.99. The number of rotatable bonds is 3. The van der Waals surface area contributed by atoms with Crippen LogP contribution in [-0.2, 0) is 32.7 Å². The molecule has 1 aliphatic rings. The number of para-hydroxylation sites is 1. The molecule has 1 radical (unpaired) electrons. The van der Waals surface area contributed by atoms with Gasteiger partial charge in [-0.3, -0.25) is 4.67 Å². The molecule has 1 fully saturated rings. The molecule has 2 nitrogen and oxygen atoms in total. The van der Waals surface area contributed by atoms with E-state index >= 15 is 0 Å². The average molecular weight is 385 g/mol. The molecule has 22 heavy (non-hydrogen) atoms. The van der Waals surface area contributed by atoms with Crippen LogP contribution < -0.4 is 4.90 Å². The van der Waals surface area contributed by atoms with Gasteiger partial charge in [0.2, 0.25) is 0 Å². The number of hydrogen-bond donors (Lipinski definition) is 0. The summed E-state index contributed by atoms with van der Waals surface area (Å²) < 4.78 is 2.32. The van der Waals surface area contributed by atoms with E-state index in [4.69, 9.17) is 0 Å². The first-order valence-corrected chi connectivity index (χ1v) is 7.99. The van der Waals surface area contributed by atoms with Gasteiger partial charge in [-0.25, -0.2) is 0 Å². The first-order valence-electron chi connectivity index (χ1n) is 7.48. The molecule has 0 amide bonds. The Kier molecular flexibility index (Phi) is 7.02. The summed E-state index contributed by atoms with van der Waals surface area (Å²) in [5.74, 6) is 0. The Morgan fingerprint density at radius 1 is 1.09 bits per heavy atom. The van der Waals surface area contributed by atoms with E-state index in [0.717, 1.165) is 37.3 Å². The van der Waals surface area contributed by atoms with Gasteiger partial charge in [0, 0.05) is 51.8 Å². The standard InChI is InChI=1S/C18H21N2P.Y/c1-15-7-9-17(10-8-15)20(16-5-3-2-4-6-16)18-11-13-19(21)14-12-18;/h2-5,7-9,18H,11-14,21H2,1H3;/q-2;. The average Bonchev–Trinajstić information content (AvgIpc) is 2.52. The van der Waals surface area contributed by atoms with E-state index < -0.39 is 0 Å². The summed E-state index contributed by atoms with van der Waals surface area (Å²) in [6, 6.07) is 21.9. The van der Waals surface area contributed by atoms with Gasteiger partial charge in [0.25, 0.3) is 0 Å². The topological polar surface area (TPSA) is 6.48 Å². The minimum atomic E-state index is 0. The normalized spacial score (nSPS) is 16.1. The minimum absolute atomic E-state index is 0. The molecule has 0 bridgehead atoms. The van der Waals surface area contributed by atoms with Crippen molar-refractivity contribution in [3.05, 3.63) is 60.2 Å². The zero-order valence-electron chi connectivity index (χ0n) is 13.0. The third-order valence-electron chi connectivity index (χ3n) is 4.03. The van der Waals surface area contributed by atoms with Crippen LogP contribution in [0.4, 0.5) is 11.4 Å². The summed E-state index contributed by atoms with van der Waals surface area (Å²) in [4.78, 5) is 2.40. The summed E-state index contributed by atoms with van der Waals surface area (Å²) in [6.45, 7) is 4.33. The molecule has 3 rings (SSSR count). The number of hydrogen-bond acceptors (Lipinski definition) is 2. The molecular formula is C18H21N2PY-2. The van der Waals surface area contributed by atoms with Crippen LogP contribution in [-0.4, -0.2) is 23.8 Å². The van der Waals surface area contributed by atoms with Gasteiger partial charge in [0.15, 0.2) is 0 Å². The fourth-order valence-corrected chi connectivity index (χ4v) is 3.14. The molecule has 0 aromatic heterocycles. The largest absolute Gasteiger partial charge is 0.385 e. The maximum absolute atomic E-state index is 3.43. The van der Waals surface area contributed by atoms with Gasteiger partial charge in [-0.1, -0.05) is 27.7 Å². The molecule has 2 aromatic carbocycles. The minimum Gasteiger partial charge on any atom is -0.385 e. The monoisotopic (exact) mass is 385 g/mol. The fourth-order valence-electron chi connectivity index (χ4n) is 2.85. The maximum atomic E-state index is 3.43. The summed E-state index contributed by atoms with van der Waals surface area (Å²) in [5, 5.41) is 0. The molecule has 1 saturated heterocycles. The van der Waals surface area contributed by atoms with E-state index in [9.17, 15) is 0 Å². The van der Waals surface area contributed by atoms with Gasteiger partial charge in [-0.15, -0.1) is 12.1 Å². The number of nitrogens with zero attached hydrogens (tertiary/aromatic N) is 2. The molecule has 0 aliphatic carbocycles. The van der Waals surface area contributed by atoms with Crippen molar-refractivity contribution in [1.29, 1.82) is 0 Å². The Hall–Kier alpha value is -0.266. The van der Waals surface area contributed by atoms with Crippen molar-refractivity contribution < 1.29 is 32.7 Å². The van der Waals surface area contributed by atoms with E-state index in [0.29, 0.717) is 6.04 Å². The van der Waals surface area contributed by atoms with Gasteiger partial charge in [-0.05, 0) is 12.8 Å². The number of piperidine rings is 1. The maximum Gasteiger partial charge on any atom is 0.0321 e. The molecule has 0 N–H and O–H groups in total. The molecule has 4 heteroatoms. The summed E-state index contributed by atoms with van der Waals surface area (Å²) in [7, 11) is 2.82. The van der Waals surface area contributed by atoms with Crippen molar-refractivity contribution >= 4 is 20.8 Å². The second-order valence-corrected chi connectivity index (χ2v) is 6.37. The Morgan fingerprint density at radius 3 is 2.41 bits per heavy atom. The number of benzene rings is 2. The van der Waals surface area contributed by atoms with Gasteiger partial charge < -0.3 is 4.90 Å². The molecule has 1 unspecified atom stereocenters. The second kappa shape index (κ2) is 8.55. The molecule has 0 saturated carbocycles. The smallest absolute Gasteiger partial charge is 0.0321 e. The summed E-state index contributed by atoms with van der Waals surface area (Å²) >= 11 is 0. The Labute approximate surface area is 161 Å². The third-order valence-corrected chi connectivity index (χ3v) is 4.54. The van der Waals surface area contributed by atoms with Crippen LogP contribution in [0.25, 0.3) is 0 Å². The van der Waals surface area contributed by atoms with Crippen molar-refractivity contribution in [1.82, 2.24) is 4.67 Å². The van der Waals surface area contributed by atoms with Crippen molar-refractivity contribution in [3.63, 3.8) is 0 Å². The zero-order valence-corrected chi connectivity index (χ0v) is 17.0. The molecule has 1 atom stereocenters. The van der Waals surface area contributed by atoms with Gasteiger partial charge in [-0.2, -0.15) is 48.0 Å². The first kappa shape index (κ1) is 18.1. The van der Waals surface area contributed by atoms with Crippen LogP contribution >= 0.6 is 9.39 Å². The molecule has 1 heterocycles. The van der Waals surface area contributed by atoms with Crippen LogP contribution in [0.5, 0.6) is 0 Å². The summed E-state index contributed by atoms with van der Waals surface area (Å²) in [5.41, 5.74) is 3.53. The van der Waals surface area contributed by atoms with Gasteiger partial charge >= 0.3 is 0 Å². The van der Waals surface area contributed by atoms with Crippen LogP contribution in [0.3, 0.4) is 0 Å². The van der Waals surface area contributed by atoms with Gasteiger partial charge in [0.05, 0.1) is 0 Å². The number of aryl methyl sites for hydroxylation is 1. The molecule has 0 spiro atoms. The van der Waals surface area contributed by atoms with E-state index in [-0.39, 0.29) is 32.7 Å². The molecule has 1 aliphatic heterocycles. The van der Waals surface area contributed by atoms with E-state index in [1.165, 1.54) is 5.56 Å². The molecular weight excluding hydrogens is 364 g/mol. The Balaban J connectivity index is 0.00000176. The van der Waals surface area contributed by atoms with Crippen molar-refractivity contribution in [3.8, 4) is 0 Å². The second-order valence-electron chi connectivity index (χ2n) is 5.64. The first-order chi connectivity index (χ1) is 10.2. The molecule has 113 valence electrons. The number of anilines is 2. The van der Waals surface area contributed by atoms with Crippen LogP contribution in [0.2, 0.25) is 0 Å². The van der Waals surface area contributed by atoms with Gasteiger partial charge in [0.1, 0.15) is 0 Å². The predicted molar refractivity (Wildman–Crippen MR) is 91.7 cm³/mol. The van der Waals surface area contributed by atoms with E-state index in [1.54, 1.807) is 0 Å². The van der Waals surface area contributed by atoms with Crippen LogP contribution in [0, 0.1) is 19.1 Å². The van der Waals surface area contributed by atoms with E-state index in [1.807, 2.05) is 12.1 Å². The SMILES string of the molecule is Cc1c[c-]c(N(c2[c-]cccc2)C2CCN(P)CC2)cc1.[Y]. The Bertz CT molecular complexity index is 565. The fraction of sp³-hybridized carbons (Fsp3) is 0.333.